The number of carbonyl (C=O) groups is 1. The lowest BCUT2D eigenvalue weighted by molar-refractivity contribution is 0.0958. The summed E-state index contributed by atoms with van der Waals surface area (Å²) in [4.78, 5) is 17.0. The standard InChI is InChI=1S/C21H22N4O3S/c1-3-16-19(29-21(22)24-16)20(26)25-23-12-15-10-7-11-17(27-2)18(15)28-13-14-8-5-4-6-9-14/h4-12H,3,13H2,1-2H3,(H2,22,24)(H,25,26). The Bertz CT molecular complexity index is 1000. The second-order valence-electron chi connectivity index (χ2n) is 6.03. The molecular weight excluding hydrogens is 388 g/mol. The van der Waals surface area contributed by atoms with Crippen LogP contribution < -0.4 is 20.6 Å². The third-order valence-electron chi connectivity index (χ3n) is 4.08. The molecular formula is C21H22N4O3S. The van der Waals surface area contributed by atoms with Crippen molar-refractivity contribution in [1.82, 2.24) is 10.4 Å². The molecule has 0 bridgehead atoms. The van der Waals surface area contributed by atoms with Crippen molar-refractivity contribution in [2.24, 2.45) is 5.10 Å². The molecule has 0 unspecified atom stereocenters. The Morgan fingerprint density at radius 2 is 2.03 bits per heavy atom. The van der Waals surface area contributed by atoms with Gasteiger partial charge in [0, 0.05) is 5.56 Å². The molecule has 8 heteroatoms. The number of nitrogen functional groups attached to an aromatic ring is 1. The number of rotatable bonds is 8. The van der Waals surface area contributed by atoms with Crippen LogP contribution in [0.25, 0.3) is 0 Å². The van der Waals surface area contributed by atoms with Crippen LogP contribution in [-0.2, 0) is 13.0 Å². The number of methoxy groups -OCH3 is 1. The monoisotopic (exact) mass is 410 g/mol. The number of nitrogens with zero attached hydrogens (tertiary/aromatic N) is 2. The molecule has 1 aromatic heterocycles. The fourth-order valence-corrected chi connectivity index (χ4v) is 3.49. The molecule has 7 nitrogen and oxygen atoms in total. The van der Waals surface area contributed by atoms with E-state index in [2.05, 4.69) is 15.5 Å². The van der Waals surface area contributed by atoms with Gasteiger partial charge in [-0.15, -0.1) is 0 Å². The van der Waals surface area contributed by atoms with E-state index in [0.29, 0.717) is 45.8 Å². The van der Waals surface area contributed by atoms with Crippen molar-refractivity contribution in [3.63, 3.8) is 0 Å². The maximum absolute atomic E-state index is 12.4. The zero-order valence-corrected chi connectivity index (χ0v) is 17.0. The molecule has 0 radical (unpaired) electrons. The first-order chi connectivity index (χ1) is 14.1. The molecule has 3 aromatic rings. The summed E-state index contributed by atoms with van der Waals surface area (Å²) in [6, 6.07) is 15.3. The molecule has 1 heterocycles. The van der Waals surface area contributed by atoms with Crippen molar-refractivity contribution in [2.45, 2.75) is 20.0 Å². The Kier molecular flexibility index (Phi) is 6.80. The highest BCUT2D eigenvalue weighted by molar-refractivity contribution is 7.17. The number of amides is 1. The summed E-state index contributed by atoms with van der Waals surface area (Å²) < 4.78 is 11.4. The summed E-state index contributed by atoms with van der Waals surface area (Å²) >= 11 is 1.14. The van der Waals surface area contributed by atoms with Gasteiger partial charge in [-0.3, -0.25) is 4.79 Å². The highest BCUT2D eigenvalue weighted by Crippen LogP contribution is 2.31. The van der Waals surface area contributed by atoms with Crippen LogP contribution in [0.1, 0.15) is 33.4 Å². The predicted molar refractivity (Wildman–Crippen MR) is 115 cm³/mol. The predicted octanol–water partition coefficient (Wildman–Crippen LogP) is 3.64. The largest absolute Gasteiger partial charge is 0.493 e. The Morgan fingerprint density at radius 1 is 1.24 bits per heavy atom. The van der Waals surface area contributed by atoms with E-state index in [9.17, 15) is 4.79 Å². The lowest BCUT2D eigenvalue weighted by atomic mass is 10.2. The Hall–Kier alpha value is -3.39. The minimum atomic E-state index is -0.345. The number of hydrogen-bond donors (Lipinski definition) is 2. The van der Waals surface area contributed by atoms with E-state index in [1.54, 1.807) is 7.11 Å². The number of benzene rings is 2. The molecule has 3 N–H and O–H groups in total. The summed E-state index contributed by atoms with van der Waals surface area (Å²) in [5.74, 6) is 0.787. The minimum absolute atomic E-state index is 0.345. The molecule has 29 heavy (non-hydrogen) atoms. The van der Waals surface area contributed by atoms with Crippen LogP contribution in [-0.4, -0.2) is 24.2 Å². The van der Waals surface area contributed by atoms with Crippen molar-refractivity contribution in [3.8, 4) is 11.5 Å². The van der Waals surface area contributed by atoms with Gasteiger partial charge >= 0.3 is 0 Å². The van der Waals surface area contributed by atoms with Crippen LogP contribution in [0.15, 0.2) is 53.6 Å². The summed E-state index contributed by atoms with van der Waals surface area (Å²) in [5.41, 5.74) is 10.6. The highest BCUT2D eigenvalue weighted by Gasteiger charge is 2.15. The Labute approximate surface area is 173 Å². The van der Waals surface area contributed by atoms with Gasteiger partial charge in [0.15, 0.2) is 16.6 Å². The Balaban J connectivity index is 1.75. The van der Waals surface area contributed by atoms with Gasteiger partial charge in [-0.25, -0.2) is 10.4 Å². The van der Waals surface area contributed by atoms with Crippen molar-refractivity contribution >= 4 is 28.6 Å². The van der Waals surface area contributed by atoms with Crippen LogP contribution >= 0.6 is 11.3 Å². The fourth-order valence-electron chi connectivity index (χ4n) is 2.68. The number of hydrogen-bond acceptors (Lipinski definition) is 7. The fraction of sp³-hybridized carbons (Fsp3) is 0.190. The van der Waals surface area contributed by atoms with E-state index in [-0.39, 0.29) is 5.91 Å². The van der Waals surface area contributed by atoms with Crippen LogP contribution in [0.5, 0.6) is 11.5 Å². The van der Waals surface area contributed by atoms with Crippen molar-refractivity contribution in [2.75, 3.05) is 12.8 Å². The lowest BCUT2D eigenvalue weighted by Gasteiger charge is -2.13. The first-order valence-electron chi connectivity index (χ1n) is 9.04. The molecule has 0 spiro atoms. The van der Waals surface area contributed by atoms with Gasteiger partial charge in [-0.2, -0.15) is 5.10 Å². The average molecular weight is 410 g/mol. The number of aromatic nitrogens is 1. The minimum Gasteiger partial charge on any atom is -0.493 e. The number of nitrogens with two attached hydrogens (primary N) is 1. The normalized spacial score (nSPS) is 10.8. The van der Waals surface area contributed by atoms with Gasteiger partial charge in [-0.05, 0) is 24.1 Å². The molecule has 0 aliphatic heterocycles. The van der Waals surface area contributed by atoms with Crippen molar-refractivity contribution in [1.29, 1.82) is 0 Å². The second-order valence-corrected chi connectivity index (χ2v) is 7.06. The topological polar surface area (TPSA) is 98.8 Å². The van der Waals surface area contributed by atoms with Gasteiger partial charge in [0.25, 0.3) is 5.91 Å². The maximum atomic E-state index is 12.4. The Morgan fingerprint density at radius 3 is 2.76 bits per heavy atom. The van der Waals surface area contributed by atoms with Crippen LogP contribution in [0, 0.1) is 0 Å². The third kappa shape index (κ3) is 5.11. The molecule has 1 amide bonds. The molecule has 0 aliphatic carbocycles. The van der Waals surface area contributed by atoms with Crippen molar-refractivity contribution in [3.05, 3.63) is 70.2 Å². The number of carbonyl (C=O) groups excluding carboxylic acids is 1. The molecule has 150 valence electrons. The molecule has 0 saturated heterocycles. The third-order valence-corrected chi connectivity index (χ3v) is 5.01. The van der Waals surface area contributed by atoms with E-state index in [0.717, 1.165) is 16.9 Å². The van der Waals surface area contributed by atoms with Gasteiger partial charge in [0.1, 0.15) is 11.5 Å². The first-order valence-corrected chi connectivity index (χ1v) is 9.86. The summed E-state index contributed by atoms with van der Waals surface area (Å²) in [6.45, 7) is 2.30. The number of nitrogens with one attached hydrogen (secondary N) is 1. The maximum Gasteiger partial charge on any atom is 0.283 e. The summed E-state index contributed by atoms with van der Waals surface area (Å²) in [7, 11) is 1.58. The van der Waals surface area contributed by atoms with Gasteiger partial charge < -0.3 is 15.2 Å². The summed E-state index contributed by atoms with van der Waals surface area (Å²) in [6.07, 6.45) is 2.14. The smallest absolute Gasteiger partial charge is 0.283 e. The van der Waals surface area contributed by atoms with Gasteiger partial charge in [-0.1, -0.05) is 54.7 Å². The van der Waals surface area contributed by atoms with E-state index in [1.807, 2.05) is 55.5 Å². The van der Waals surface area contributed by atoms with Crippen LogP contribution in [0.4, 0.5) is 5.13 Å². The summed E-state index contributed by atoms with van der Waals surface area (Å²) in [5, 5.41) is 4.43. The number of hydrazone groups is 1. The molecule has 2 aromatic carbocycles. The number of ether oxygens (including phenoxy) is 2. The van der Waals surface area contributed by atoms with E-state index >= 15 is 0 Å². The van der Waals surface area contributed by atoms with E-state index < -0.39 is 0 Å². The molecule has 0 fully saturated rings. The molecule has 0 atom stereocenters. The van der Waals surface area contributed by atoms with Crippen LogP contribution in [0.2, 0.25) is 0 Å². The van der Waals surface area contributed by atoms with Crippen LogP contribution in [0.3, 0.4) is 0 Å². The van der Waals surface area contributed by atoms with E-state index in [4.69, 9.17) is 15.2 Å². The number of anilines is 1. The highest BCUT2D eigenvalue weighted by atomic mass is 32.1. The SMILES string of the molecule is CCc1nc(N)sc1C(=O)NN=Cc1cccc(OC)c1OCc1ccccc1. The first kappa shape index (κ1) is 20.3. The van der Waals surface area contributed by atoms with Gasteiger partial charge in [0.2, 0.25) is 0 Å². The zero-order valence-electron chi connectivity index (χ0n) is 16.2. The molecule has 0 saturated carbocycles. The van der Waals surface area contributed by atoms with Crippen molar-refractivity contribution < 1.29 is 14.3 Å². The van der Waals surface area contributed by atoms with E-state index in [1.165, 1.54) is 6.21 Å². The number of aryl methyl sites for hydroxylation is 1. The number of thiazole rings is 1. The molecule has 0 aliphatic rings. The molecule has 3 rings (SSSR count). The number of para-hydroxylation sites is 1. The lowest BCUT2D eigenvalue weighted by Crippen LogP contribution is -2.18. The second kappa shape index (κ2) is 9.70. The quantitative estimate of drug-likeness (QED) is 0.436. The zero-order chi connectivity index (χ0) is 20.6. The van der Waals surface area contributed by atoms with Gasteiger partial charge in [0.05, 0.1) is 19.0 Å². The average Bonchev–Trinajstić information content (AvgIpc) is 3.14.